The predicted molar refractivity (Wildman–Crippen MR) is 103 cm³/mol. The molecule has 4 heteroatoms. The quantitative estimate of drug-likeness (QED) is 0.643. The highest BCUT2D eigenvalue weighted by Gasteiger charge is 2.50. The molecular formula is C23H22FN3. The van der Waals surface area contributed by atoms with E-state index >= 15 is 0 Å². The molecule has 0 aliphatic heterocycles. The van der Waals surface area contributed by atoms with E-state index in [2.05, 4.69) is 48.3 Å². The number of aromatic nitrogens is 3. The van der Waals surface area contributed by atoms with Gasteiger partial charge < -0.3 is 0 Å². The van der Waals surface area contributed by atoms with Crippen molar-refractivity contribution in [1.82, 2.24) is 15.2 Å². The normalized spacial score (nSPS) is 22.5. The molecule has 136 valence electrons. The third kappa shape index (κ3) is 2.75. The molecule has 2 aromatic carbocycles. The van der Waals surface area contributed by atoms with Crippen LogP contribution in [0.2, 0.25) is 0 Å². The molecule has 0 N–H and O–H groups in total. The highest BCUT2D eigenvalue weighted by molar-refractivity contribution is 5.63. The van der Waals surface area contributed by atoms with Crippen LogP contribution in [0, 0.1) is 18.7 Å². The van der Waals surface area contributed by atoms with Crippen molar-refractivity contribution in [3.05, 3.63) is 77.0 Å². The van der Waals surface area contributed by atoms with Gasteiger partial charge in [0.15, 0.2) is 5.82 Å². The maximum absolute atomic E-state index is 14.4. The summed E-state index contributed by atoms with van der Waals surface area (Å²) in [6.45, 7) is 4.31. The van der Waals surface area contributed by atoms with E-state index in [4.69, 9.17) is 4.98 Å². The Morgan fingerprint density at radius 1 is 1.00 bits per heavy atom. The average molecular weight is 359 g/mol. The van der Waals surface area contributed by atoms with Crippen molar-refractivity contribution in [2.24, 2.45) is 5.92 Å². The lowest BCUT2D eigenvalue weighted by molar-refractivity contribution is 0.628. The van der Waals surface area contributed by atoms with Gasteiger partial charge in [-0.05, 0) is 49.8 Å². The predicted octanol–water partition coefficient (Wildman–Crippen LogP) is 5.19. The maximum atomic E-state index is 14.4. The molecular weight excluding hydrogens is 337 g/mol. The lowest BCUT2D eigenvalue weighted by atomic mass is 9.94. The smallest absolute Gasteiger partial charge is 0.161 e. The van der Waals surface area contributed by atoms with Crippen LogP contribution in [0.5, 0.6) is 0 Å². The Kier molecular flexibility index (Phi) is 3.64. The molecule has 2 aliphatic rings. The third-order valence-corrected chi connectivity index (χ3v) is 6.09. The van der Waals surface area contributed by atoms with E-state index in [1.165, 1.54) is 17.2 Å². The SMILES string of the molecule is Cc1ccc(C2(c3nnc(-c4ccccc4F)c(C4CC4C)n3)CC2)cc1. The van der Waals surface area contributed by atoms with Crippen LogP contribution in [0.25, 0.3) is 11.3 Å². The molecule has 3 nitrogen and oxygen atoms in total. The summed E-state index contributed by atoms with van der Waals surface area (Å²) in [5.74, 6) is 1.44. The van der Waals surface area contributed by atoms with Crippen LogP contribution in [-0.2, 0) is 5.41 Å². The molecule has 5 rings (SSSR count). The van der Waals surface area contributed by atoms with E-state index < -0.39 is 0 Å². The molecule has 27 heavy (non-hydrogen) atoms. The van der Waals surface area contributed by atoms with Gasteiger partial charge in [0.2, 0.25) is 0 Å². The second kappa shape index (κ2) is 5.95. The molecule has 2 aliphatic carbocycles. The van der Waals surface area contributed by atoms with Crippen molar-refractivity contribution < 1.29 is 4.39 Å². The lowest BCUT2D eigenvalue weighted by Crippen LogP contribution is -2.17. The Bertz CT molecular complexity index is 1010. The van der Waals surface area contributed by atoms with Gasteiger partial charge in [-0.2, -0.15) is 0 Å². The van der Waals surface area contributed by atoms with E-state index in [1.807, 2.05) is 6.07 Å². The molecule has 3 aromatic rings. The van der Waals surface area contributed by atoms with Crippen molar-refractivity contribution in [3.8, 4) is 11.3 Å². The number of rotatable bonds is 4. The van der Waals surface area contributed by atoms with E-state index in [-0.39, 0.29) is 11.2 Å². The van der Waals surface area contributed by atoms with Gasteiger partial charge in [0, 0.05) is 11.5 Å². The molecule has 2 saturated carbocycles. The largest absolute Gasteiger partial charge is 0.232 e. The molecule has 0 radical (unpaired) electrons. The van der Waals surface area contributed by atoms with Gasteiger partial charge >= 0.3 is 0 Å². The van der Waals surface area contributed by atoms with Gasteiger partial charge in [0.1, 0.15) is 11.5 Å². The van der Waals surface area contributed by atoms with Crippen LogP contribution in [-0.4, -0.2) is 15.2 Å². The van der Waals surface area contributed by atoms with Crippen molar-refractivity contribution in [2.45, 2.75) is 44.4 Å². The number of hydrogen-bond donors (Lipinski definition) is 0. The highest BCUT2D eigenvalue weighted by atomic mass is 19.1. The van der Waals surface area contributed by atoms with Crippen LogP contribution in [0.4, 0.5) is 4.39 Å². The van der Waals surface area contributed by atoms with Crippen molar-refractivity contribution in [3.63, 3.8) is 0 Å². The van der Waals surface area contributed by atoms with Crippen LogP contribution in [0.1, 0.15) is 54.7 Å². The van der Waals surface area contributed by atoms with Crippen molar-refractivity contribution >= 4 is 0 Å². The van der Waals surface area contributed by atoms with Crippen LogP contribution >= 0.6 is 0 Å². The molecule has 1 heterocycles. The second-order valence-electron chi connectivity index (χ2n) is 8.12. The number of benzene rings is 2. The number of nitrogens with zero attached hydrogens (tertiary/aromatic N) is 3. The minimum Gasteiger partial charge on any atom is -0.232 e. The first-order valence-electron chi connectivity index (χ1n) is 9.66. The standard InChI is InChI=1S/C23H22FN3/c1-14-7-9-16(10-8-14)23(11-12-23)22-25-20(18-13-15(18)2)21(26-27-22)17-5-3-4-6-19(17)24/h3-10,15,18H,11-13H2,1-2H3. The number of aryl methyl sites for hydroxylation is 1. The Labute approximate surface area is 158 Å². The summed E-state index contributed by atoms with van der Waals surface area (Å²) >= 11 is 0. The summed E-state index contributed by atoms with van der Waals surface area (Å²) in [4.78, 5) is 5.00. The summed E-state index contributed by atoms with van der Waals surface area (Å²) in [7, 11) is 0. The molecule has 0 amide bonds. The van der Waals surface area contributed by atoms with Crippen molar-refractivity contribution in [2.75, 3.05) is 0 Å². The first-order valence-corrected chi connectivity index (χ1v) is 9.66. The zero-order valence-corrected chi connectivity index (χ0v) is 15.6. The first kappa shape index (κ1) is 16.5. The average Bonchev–Trinajstić information content (AvgIpc) is 3.59. The zero-order chi connectivity index (χ0) is 18.6. The molecule has 2 unspecified atom stereocenters. The Hall–Kier alpha value is -2.62. The fraction of sp³-hybridized carbons (Fsp3) is 0.348. The summed E-state index contributed by atoms with van der Waals surface area (Å²) in [6, 6.07) is 15.4. The molecule has 2 fully saturated rings. The summed E-state index contributed by atoms with van der Waals surface area (Å²) in [5.41, 5.74) is 4.39. The Morgan fingerprint density at radius 3 is 2.33 bits per heavy atom. The van der Waals surface area contributed by atoms with Gasteiger partial charge in [-0.3, -0.25) is 0 Å². The van der Waals surface area contributed by atoms with Gasteiger partial charge in [-0.15, -0.1) is 10.2 Å². The zero-order valence-electron chi connectivity index (χ0n) is 15.6. The molecule has 0 saturated heterocycles. The Balaban J connectivity index is 1.62. The van der Waals surface area contributed by atoms with Gasteiger partial charge in [-0.1, -0.05) is 48.9 Å². The molecule has 2 atom stereocenters. The first-order chi connectivity index (χ1) is 13.1. The summed E-state index contributed by atoms with van der Waals surface area (Å²) in [5, 5.41) is 9.00. The maximum Gasteiger partial charge on any atom is 0.161 e. The van der Waals surface area contributed by atoms with Gasteiger partial charge in [-0.25, -0.2) is 9.37 Å². The van der Waals surface area contributed by atoms with Crippen LogP contribution in [0.3, 0.4) is 0 Å². The molecule has 1 aromatic heterocycles. The number of hydrogen-bond acceptors (Lipinski definition) is 3. The molecule has 0 spiro atoms. The second-order valence-corrected chi connectivity index (χ2v) is 8.12. The van der Waals surface area contributed by atoms with E-state index in [0.717, 1.165) is 30.8 Å². The third-order valence-electron chi connectivity index (χ3n) is 6.09. The summed E-state index contributed by atoms with van der Waals surface area (Å²) in [6.07, 6.45) is 3.16. The van der Waals surface area contributed by atoms with Crippen LogP contribution < -0.4 is 0 Å². The fourth-order valence-electron chi connectivity index (χ4n) is 3.99. The van der Waals surface area contributed by atoms with Gasteiger partial charge in [0.05, 0.1) is 11.1 Å². The van der Waals surface area contributed by atoms with E-state index in [0.29, 0.717) is 23.1 Å². The fourth-order valence-corrected chi connectivity index (χ4v) is 3.99. The highest BCUT2D eigenvalue weighted by Crippen LogP contribution is 2.54. The minimum absolute atomic E-state index is 0.124. The number of halogens is 1. The van der Waals surface area contributed by atoms with Gasteiger partial charge in [0.25, 0.3) is 0 Å². The minimum atomic E-state index is -0.268. The summed E-state index contributed by atoms with van der Waals surface area (Å²) < 4.78 is 14.4. The molecule has 0 bridgehead atoms. The van der Waals surface area contributed by atoms with Crippen LogP contribution in [0.15, 0.2) is 48.5 Å². The lowest BCUT2D eigenvalue weighted by Gasteiger charge is -2.16. The van der Waals surface area contributed by atoms with E-state index in [9.17, 15) is 4.39 Å². The van der Waals surface area contributed by atoms with Crippen molar-refractivity contribution in [1.29, 1.82) is 0 Å². The topological polar surface area (TPSA) is 38.7 Å². The van der Waals surface area contributed by atoms with E-state index in [1.54, 1.807) is 12.1 Å². The Morgan fingerprint density at radius 2 is 1.70 bits per heavy atom. The monoisotopic (exact) mass is 359 g/mol.